The number of carboxylic acids is 1. The van der Waals surface area contributed by atoms with Gasteiger partial charge in [-0.3, -0.25) is 4.79 Å². The lowest BCUT2D eigenvalue weighted by molar-refractivity contribution is -0.137. The molecule has 5 nitrogen and oxygen atoms in total. The molecule has 0 aliphatic carbocycles. The van der Waals surface area contributed by atoms with Gasteiger partial charge in [0.15, 0.2) is 0 Å². The summed E-state index contributed by atoms with van der Waals surface area (Å²) in [5.74, 6) is -2.23. The van der Waals surface area contributed by atoms with Crippen molar-refractivity contribution >= 4 is 5.97 Å². The first-order valence-corrected chi connectivity index (χ1v) is 5.56. The van der Waals surface area contributed by atoms with Gasteiger partial charge in [-0.1, -0.05) is 0 Å². The molecule has 0 spiro atoms. The number of rotatable bonds is 5. The van der Waals surface area contributed by atoms with E-state index in [2.05, 4.69) is 10.2 Å². The van der Waals surface area contributed by atoms with E-state index < -0.39 is 17.6 Å². The molecule has 0 saturated heterocycles. The van der Waals surface area contributed by atoms with Crippen LogP contribution in [-0.4, -0.2) is 21.3 Å². The Morgan fingerprint density at radius 3 is 2.79 bits per heavy atom. The largest absolute Gasteiger partial charge is 0.481 e. The lowest BCUT2D eigenvalue weighted by atomic mass is 10.2. The van der Waals surface area contributed by atoms with Gasteiger partial charge in [0, 0.05) is 18.9 Å². The first kappa shape index (κ1) is 13.1. The van der Waals surface area contributed by atoms with Gasteiger partial charge in [-0.15, -0.1) is 10.2 Å². The minimum Gasteiger partial charge on any atom is -0.481 e. The van der Waals surface area contributed by atoms with Crippen molar-refractivity contribution in [1.29, 1.82) is 0 Å². The summed E-state index contributed by atoms with van der Waals surface area (Å²) in [5, 5.41) is 15.8. The Labute approximate surface area is 106 Å². The van der Waals surface area contributed by atoms with Crippen LogP contribution in [-0.2, 0) is 11.2 Å². The molecule has 2 aromatic rings. The molecule has 1 heterocycles. The first-order valence-electron chi connectivity index (χ1n) is 5.56. The number of hydrogen-bond acceptors (Lipinski definition) is 4. The predicted octanol–water partition coefficient (Wildman–Crippen LogP) is 2.42. The van der Waals surface area contributed by atoms with Gasteiger partial charge in [-0.2, -0.15) is 0 Å². The van der Waals surface area contributed by atoms with Gasteiger partial charge in [-0.25, -0.2) is 8.78 Å². The van der Waals surface area contributed by atoms with E-state index in [9.17, 15) is 13.6 Å². The second-order valence-electron chi connectivity index (χ2n) is 3.87. The predicted molar refractivity (Wildman–Crippen MR) is 60.2 cm³/mol. The first-order chi connectivity index (χ1) is 9.06. The van der Waals surface area contributed by atoms with Crippen molar-refractivity contribution in [3.63, 3.8) is 0 Å². The third-order valence-corrected chi connectivity index (χ3v) is 2.41. The van der Waals surface area contributed by atoms with Crippen molar-refractivity contribution in [3.05, 3.63) is 35.7 Å². The molecule has 100 valence electrons. The number of aromatic nitrogens is 2. The number of halogens is 2. The summed E-state index contributed by atoms with van der Waals surface area (Å²) in [7, 11) is 0. The van der Waals surface area contributed by atoms with Crippen LogP contribution in [0.2, 0.25) is 0 Å². The second kappa shape index (κ2) is 5.55. The maximum absolute atomic E-state index is 13.5. The van der Waals surface area contributed by atoms with Crippen LogP contribution >= 0.6 is 0 Å². The third-order valence-electron chi connectivity index (χ3n) is 2.41. The number of nitrogens with zero attached hydrogens (tertiary/aromatic N) is 2. The molecule has 0 unspecified atom stereocenters. The standard InChI is InChI=1S/C12H10F2N2O3/c13-7-4-5-8(9(14)6-7)12-16-15-10(19-12)2-1-3-11(17)18/h4-6H,1-3H2,(H,17,18). The average Bonchev–Trinajstić information content (AvgIpc) is 2.77. The van der Waals surface area contributed by atoms with Crippen molar-refractivity contribution in [2.24, 2.45) is 0 Å². The number of benzene rings is 1. The van der Waals surface area contributed by atoms with Crippen molar-refractivity contribution in [2.45, 2.75) is 19.3 Å². The van der Waals surface area contributed by atoms with E-state index in [1.807, 2.05) is 0 Å². The SMILES string of the molecule is O=C(O)CCCc1nnc(-c2ccc(F)cc2F)o1. The topological polar surface area (TPSA) is 76.2 Å². The second-order valence-corrected chi connectivity index (χ2v) is 3.87. The van der Waals surface area contributed by atoms with Gasteiger partial charge in [0.05, 0.1) is 5.56 Å². The van der Waals surface area contributed by atoms with Crippen molar-refractivity contribution in [3.8, 4) is 11.5 Å². The molecule has 0 aliphatic rings. The fraction of sp³-hybridized carbons (Fsp3) is 0.250. The molecule has 2 rings (SSSR count). The van der Waals surface area contributed by atoms with Gasteiger partial charge < -0.3 is 9.52 Å². The highest BCUT2D eigenvalue weighted by atomic mass is 19.1. The Kier molecular flexibility index (Phi) is 3.84. The molecule has 0 radical (unpaired) electrons. The highest BCUT2D eigenvalue weighted by Gasteiger charge is 2.13. The minimum atomic E-state index is -0.913. The maximum Gasteiger partial charge on any atom is 0.303 e. The lowest BCUT2D eigenvalue weighted by Gasteiger charge is -1.97. The lowest BCUT2D eigenvalue weighted by Crippen LogP contribution is -1.95. The zero-order valence-electron chi connectivity index (χ0n) is 9.77. The summed E-state index contributed by atoms with van der Waals surface area (Å²) in [6, 6.07) is 3.02. The molecule has 7 heteroatoms. The Balaban J connectivity index is 2.10. The van der Waals surface area contributed by atoms with E-state index in [-0.39, 0.29) is 23.8 Å². The third kappa shape index (κ3) is 3.34. The van der Waals surface area contributed by atoms with Gasteiger partial charge in [0.2, 0.25) is 5.89 Å². The van der Waals surface area contributed by atoms with Crippen LogP contribution in [0.25, 0.3) is 11.5 Å². The molecule has 0 amide bonds. The van der Waals surface area contributed by atoms with E-state index >= 15 is 0 Å². The van der Waals surface area contributed by atoms with E-state index in [1.54, 1.807) is 0 Å². The number of aryl methyl sites for hydroxylation is 1. The zero-order chi connectivity index (χ0) is 13.8. The highest BCUT2D eigenvalue weighted by molar-refractivity contribution is 5.66. The quantitative estimate of drug-likeness (QED) is 0.901. The fourth-order valence-electron chi connectivity index (χ4n) is 1.52. The summed E-state index contributed by atoms with van der Waals surface area (Å²) in [6.45, 7) is 0. The normalized spacial score (nSPS) is 10.6. The number of carboxylic acid groups (broad SMARTS) is 1. The van der Waals surface area contributed by atoms with E-state index in [4.69, 9.17) is 9.52 Å². The van der Waals surface area contributed by atoms with Crippen LogP contribution in [0.1, 0.15) is 18.7 Å². The van der Waals surface area contributed by atoms with Crippen LogP contribution in [0.5, 0.6) is 0 Å². The summed E-state index contributed by atoms with van der Waals surface area (Å²) in [4.78, 5) is 10.3. The molecule has 0 aliphatic heterocycles. The highest BCUT2D eigenvalue weighted by Crippen LogP contribution is 2.22. The van der Waals surface area contributed by atoms with Crippen LogP contribution in [0.15, 0.2) is 22.6 Å². The molecular weight excluding hydrogens is 258 g/mol. The van der Waals surface area contributed by atoms with Crippen LogP contribution in [0, 0.1) is 11.6 Å². The van der Waals surface area contributed by atoms with E-state index in [1.165, 1.54) is 6.07 Å². The molecule has 1 aromatic heterocycles. The van der Waals surface area contributed by atoms with Gasteiger partial charge in [0.25, 0.3) is 5.89 Å². The average molecular weight is 268 g/mol. The Bertz CT molecular complexity index is 598. The van der Waals surface area contributed by atoms with Crippen LogP contribution in [0.4, 0.5) is 8.78 Å². The number of hydrogen-bond donors (Lipinski definition) is 1. The monoisotopic (exact) mass is 268 g/mol. The van der Waals surface area contributed by atoms with Gasteiger partial charge >= 0.3 is 5.97 Å². The summed E-state index contributed by atoms with van der Waals surface area (Å²) < 4.78 is 31.4. The Morgan fingerprint density at radius 1 is 1.32 bits per heavy atom. The molecule has 1 aromatic carbocycles. The zero-order valence-corrected chi connectivity index (χ0v) is 9.77. The van der Waals surface area contributed by atoms with Crippen molar-refractivity contribution in [1.82, 2.24) is 10.2 Å². The molecule has 0 bridgehead atoms. The van der Waals surface area contributed by atoms with E-state index in [0.29, 0.717) is 12.8 Å². The molecule has 19 heavy (non-hydrogen) atoms. The molecule has 0 fully saturated rings. The van der Waals surface area contributed by atoms with Crippen molar-refractivity contribution < 1.29 is 23.1 Å². The Hall–Kier alpha value is -2.31. The summed E-state index contributed by atoms with van der Waals surface area (Å²) in [6.07, 6.45) is 0.633. The summed E-state index contributed by atoms with van der Waals surface area (Å²) in [5.41, 5.74) is 0.0124. The number of carbonyl (C=O) groups is 1. The van der Waals surface area contributed by atoms with Gasteiger partial charge in [0.1, 0.15) is 11.6 Å². The van der Waals surface area contributed by atoms with Crippen LogP contribution in [0.3, 0.4) is 0 Å². The molecule has 0 atom stereocenters. The molecular formula is C12H10F2N2O3. The Morgan fingerprint density at radius 2 is 2.11 bits per heavy atom. The molecule has 1 N–H and O–H groups in total. The fourth-order valence-corrected chi connectivity index (χ4v) is 1.52. The maximum atomic E-state index is 13.5. The smallest absolute Gasteiger partial charge is 0.303 e. The molecule has 0 saturated carbocycles. The van der Waals surface area contributed by atoms with Gasteiger partial charge in [-0.05, 0) is 18.6 Å². The van der Waals surface area contributed by atoms with Crippen molar-refractivity contribution in [2.75, 3.05) is 0 Å². The summed E-state index contributed by atoms with van der Waals surface area (Å²) >= 11 is 0. The van der Waals surface area contributed by atoms with E-state index in [0.717, 1.165) is 12.1 Å². The minimum absolute atomic E-state index is 0.0113. The van der Waals surface area contributed by atoms with Crippen LogP contribution < -0.4 is 0 Å². The number of aliphatic carboxylic acids is 1.